The average Bonchev–Trinajstić information content (AvgIpc) is 2.36. The molecule has 0 spiro atoms. The van der Waals surface area contributed by atoms with Crippen molar-refractivity contribution in [1.29, 1.82) is 0 Å². The maximum absolute atomic E-state index is 8.94. The van der Waals surface area contributed by atoms with E-state index in [1.165, 1.54) is 12.8 Å². The van der Waals surface area contributed by atoms with Crippen molar-refractivity contribution in [2.45, 2.75) is 96.8 Å². The highest BCUT2D eigenvalue weighted by atomic mass is 16.2. The van der Waals surface area contributed by atoms with Gasteiger partial charge in [0.25, 0.3) is 0 Å². The van der Waals surface area contributed by atoms with E-state index in [0.717, 1.165) is 51.4 Å². The summed E-state index contributed by atoms with van der Waals surface area (Å²) in [4.78, 5) is 0. The van der Waals surface area contributed by atoms with E-state index in [4.69, 9.17) is 10.6 Å². The lowest BCUT2D eigenvalue weighted by atomic mass is 10.0. The van der Waals surface area contributed by atoms with Gasteiger partial charge < -0.3 is 5.11 Å². The van der Waals surface area contributed by atoms with Gasteiger partial charge in [-0.05, 0) is 6.42 Å². The molecule has 0 aliphatic rings. The highest BCUT2D eigenvalue weighted by Crippen LogP contribution is 2.12. The van der Waals surface area contributed by atoms with Crippen LogP contribution in [-0.4, -0.2) is 11.7 Å². The Morgan fingerprint density at radius 3 is 1.53 bits per heavy atom. The summed E-state index contributed by atoms with van der Waals surface area (Å²) in [5.41, 5.74) is 0. The molecule has 0 aromatic rings. The molecule has 0 rings (SSSR count). The SMILES string of the molecule is [2H]C([2H])(O)CCCCCCCCC([2H])([2H])CCCCCC. The van der Waals surface area contributed by atoms with Crippen LogP contribution in [0.1, 0.15) is 102 Å². The van der Waals surface area contributed by atoms with Crippen LogP contribution in [0.2, 0.25) is 0 Å². The van der Waals surface area contributed by atoms with Crippen molar-refractivity contribution in [3.05, 3.63) is 0 Å². The summed E-state index contributed by atoms with van der Waals surface area (Å²) in [7, 11) is 0. The zero-order valence-corrected chi connectivity index (χ0v) is 11.6. The first-order chi connectivity index (χ1) is 9.77. The van der Waals surface area contributed by atoms with Crippen LogP contribution in [0.15, 0.2) is 0 Å². The van der Waals surface area contributed by atoms with Crippen molar-refractivity contribution >= 4 is 0 Å². The third-order valence-corrected chi connectivity index (χ3v) is 3.10. The third kappa shape index (κ3) is 16.0. The fourth-order valence-corrected chi connectivity index (χ4v) is 1.96. The van der Waals surface area contributed by atoms with Crippen LogP contribution in [-0.2, 0) is 0 Å². The third-order valence-electron chi connectivity index (χ3n) is 3.10. The molecule has 0 atom stereocenters. The van der Waals surface area contributed by atoms with Gasteiger partial charge in [0.15, 0.2) is 0 Å². The van der Waals surface area contributed by atoms with Crippen molar-refractivity contribution in [3.63, 3.8) is 0 Å². The molecule has 0 aliphatic carbocycles. The Balaban J connectivity index is 3.40. The summed E-state index contributed by atoms with van der Waals surface area (Å²) in [6.45, 7) is 0.150. The van der Waals surface area contributed by atoms with Gasteiger partial charge in [-0.2, -0.15) is 0 Å². The summed E-state index contributed by atoms with van der Waals surface area (Å²) in [6, 6.07) is 0. The van der Waals surface area contributed by atoms with Crippen LogP contribution in [0.3, 0.4) is 0 Å². The van der Waals surface area contributed by atoms with Crippen molar-refractivity contribution in [2.75, 3.05) is 6.56 Å². The number of unbranched alkanes of at least 4 members (excludes halogenated alkanes) is 8. The molecule has 0 heterocycles. The minimum atomic E-state index is -2.02. The molecule has 0 bridgehead atoms. The molecule has 17 heavy (non-hydrogen) atoms. The molecule has 0 aromatic carbocycles. The second-order valence-corrected chi connectivity index (χ2v) is 4.84. The van der Waals surface area contributed by atoms with Gasteiger partial charge in [0.05, 0.1) is 2.74 Å². The molecule has 0 saturated heterocycles. The Morgan fingerprint density at radius 2 is 1.06 bits per heavy atom. The highest BCUT2D eigenvalue weighted by Gasteiger charge is 1.93. The van der Waals surface area contributed by atoms with E-state index in [0.29, 0.717) is 12.8 Å². The molecule has 1 N–H and O–H groups in total. The number of hydrogen-bond acceptors (Lipinski definition) is 1. The smallest absolute Gasteiger partial charge is 0.0564 e. The van der Waals surface area contributed by atoms with E-state index in [-0.39, 0.29) is 6.42 Å². The summed E-state index contributed by atoms with van der Waals surface area (Å²) in [6.07, 6.45) is 10.9. The standard InChI is InChI=1S/C16H34O/c1-2-3-4-5-6-7-8-9-10-11-12-13-14-15-16-17/h17H,2-16H2,1H3/i7D2,16D2. The van der Waals surface area contributed by atoms with Gasteiger partial charge >= 0.3 is 0 Å². The van der Waals surface area contributed by atoms with Gasteiger partial charge in [0.1, 0.15) is 0 Å². The maximum atomic E-state index is 8.94. The topological polar surface area (TPSA) is 20.2 Å². The Morgan fingerprint density at radius 1 is 0.647 bits per heavy atom. The van der Waals surface area contributed by atoms with Crippen LogP contribution < -0.4 is 0 Å². The Hall–Kier alpha value is -0.0400. The highest BCUT2D eigenvalue weighted by molar-refractivity contribution is 4.48. The lowest BCUT2D eigenvalue weighted by Gasteiger charge is -2.02. The van der Waals surface area contributed by atoms with Crippen molar-refractivity contribution in [3.8, 4) is 0 Å². The Kier molecular flexibility index (Phi) is 10.2. The molecule has 0 fully saturated rings. The lowest BCUT2D eigenvalue weighted by Crippen LogP contribution is -1.84. The summed E-state index contributed by atoms with van der Waals surface area (Å²) in [5, 5.41) is 8.94. The van der Waals surface area contributed by atoms with Crippen molar-refractivity contribution in [1.82, 2.24) is 0 Å². The lowest BCUT2D eigenvalue weighted by molar-refractivity contribution is 0.282. The fourth-order valence-electron chi connectivity index (χ4n) is 1.96. The molecule has 0 unspecified atom stereocenters. The molecule has 1 nitrogen and oxygen atoms in total. The molecule has 1 heteroatoms. The zero-order valence-electron chi connectivity index (χ0n) is 15.6. The van der Waals surface area contributed by atoms with Crippen LogP contribution in [0.5, 0.6) is 0 Å². The van der Waals surface area contributed by atoms with Gasteiger partial charge in [-0.25, -0.2) is 0 Å². The minimum absolute atomic E-state index is 0.216. The van der Waals surface area contributed by atoms with E-state index in [1.54, 1.807) is 0 Å². The van der Waals surface area contributed by atoms with Crippen molar-refractivity contribution < 1.29 is 10.6 Å². The number of rotatable bonds is 14. The van der Waals surface area contributed by atoms with Gasteiger partial charge in [0.2, 0.25) is 0 Å². The summed E-state index contributed by atoms with van der Waals surface area (Å²) < 4.78 is 30.0. The second kappa shape index (κ2) is 16.0. The molecule has 0 radical (unpaired) electrons. The van der Waals surface area contributed by atoms with Gasteiger partial charge in [-0.3, -0.25) is 0 Å². The number of aliphatic hydroxyl groups is 1. The molecule has 0 amide bonds. The van der Waals surface area contributed by atoms with E-state index in [9.17, 15) is 0 Å². The van der Waals surface area contributed by atoms with Crippen LogP contribution in [0.4, 0.5) is 0 Å². The van der Waals surface area contributed by atoms with E-state index in [2.05, 4.69) is 6.92 Å². The molecule has 0 aromatic heterocycles. The van der Waals surface area contributed by atoms with Crippen LogP contribution in [0, 0.1) is 0 Å². The monoisotopic (exact) mass is 246 g/mol. The first kappa shape index (κ1) is 10.8. The van der Waals surface area contributed by atoms with E-state index < -0.39 is 12.9 Å². The van der Waals surface area contributed by atoms with E-state index >= 15 is 0 Å². The van der Waals surface area contributed by atoms with Crippen molar-refractivity contribution in [2.24, 2.45) is 0 Å². The van der Waals surface area contributed by atoms with E-state index in [1.807, 2.05) is 0 Å². The van der Waals surface area contributed by atoms with Crippen LogP contribution >= 0.6 is 0 Å². The Bertz CT molecular complexity index is 239. The summed E-state index contributed by atoms with van der Waals surface area (Å²) in [5.74, 6) is 0. The first-order valence-corrected chi connectivity index (χ1v) is 7.49. The fraction of sp³-hybridized carbons (Fsp3) is 1.00. The molecule has 0 saturated carbocycles. The second-order valence-electron chi connectivity index (χ2n) is 4.84. The predicted octanol–water partition coefficient (Wildman–Crippen LogP) is 5.46. The van der Waals surface area contributed by atoms with Gasteiger partial charge in [-0.1, -0.05) is 90.3 Å². The Labute approximate surface area is 115 Å². The number of hydrogen-bond donors (Lipinski definition) is 1. The summed E-state index contributed by atoms with van der Waals surface area (Å²) >= 11 is 0. The maximum Gasteiger partial charge on any atom is 0.0564 e. The van der Waals surface area contributed by atoms with Gasteiger partial charge in [0, 0.05) is 9.30 Å². The quantitative estimate of drug-likeness (QED) is 0.403. The molecular weight excluding hydrogens is 208 g/mol. The molecular formula is C16H34O. The minimum Gasteiger partial charge on any atom is -0.396 e. The van der Waals surface area contributed by atoms with Crippen LogP contribution in [0.25, 0.3) is 0 Å². The average molecular weight is 246 g/mol. The zero-order chi connectivity index (χ0) is 16.2. The predicted molar refractivity (Wildman–Crippen MR) is 77.4 cm³/mol. The normalized spacial score (nSPS) is 16.1. The first-order valence-electron chi connectivity index (χ1n) is 9.49. The molecule has 104 valence electrons. The largest absolute Gasteiger partial charge is 0.396 e. The molecule has 0 aliphatic heterocycles. The van der Waals surface area contributed by atoms with Gasteiger partial charge in [-0.15, -0.1) is 0 Å².